The van der Waals surface area contributed by atoms with E-state index in [1.165, 1.54) is 37.7 Å². The molecule has 0 fully saturated rings. The minimum absolute atomic E-state index is 0.0728. The Balaban J connectivity index is 1.46. The number of unbranched alkanes of at least 4 members (excludes halogenated alkanes) is 6. The smallest absolute Gasteiger partial charge is 0.309 e. The van der Waals surface area contributed by atoms with Crippen molar-refractivity contribution < 1.29 is 14.3 Å². The van der Waals surface area contributed by atoms with Gasteiger partial charge in [0.2, 0.25) is 0 Å². The SMILES string of the molecule is CCCCCCCc1ccc(-c2ncc(-c3ccc(OCC(C)OC(=O)C(C)CCCCC)cc3)cn2)cc1. The van der Waals surface area contributed by atoms with Crippen LogP contribution in [0.3, 0.4) is 0 Å². The van der Waals surface area contributed by atoms with E-state index in [0.29, 0.717) is 6.61 Å². The third-order valence-electron chi connectivity index (χ3n) is 7.07. The highest BCUT2D eigenvalue weighted by atomic mass is 16.6. The number of carbonyl (C=O) groups excluding carboxylic acids is 1. The molecule has 0 aliphatic heterocycles. The fraction of sp³-hybridized carbons (Fsp3) is 0.500. The highest BCUT2D eigenvalue weighted by molar-refractivity contribution is 5.72. The highest BCUT2D eigenvalue weighted by Crippen LogP contribution is 2.24. The average Bonchev–Trinajstić information content (AvgIpc) is 2.97. The zero-order valence-electron chi connectivity index (χ0n) is 24.3. The molecule has 0 radical (unpaired) electrons. The van der Waals surface area contributed by atoms with Crippen LogP contribution in [0.2, 0.25) is 0 Å². The minimum atomic E-state index is -0.299. The lowest BCUT2D eigenvalue weighted by molar-refractivity contribution is -0.154. The lowest BCUT2D eigenvalue weighted by atomic mass is 10.0. The van der Waals surface area contributed by atoms with Crippen molar-refractivity contribution in [1.82, 2.24) is 9.97 Å². The molecule has 5 heteroatoms. The first-order chi connectivity index (χ1) is 19.0. The van der Waals surface area contributed by atoms with Crippen LogP contribution in [0.1, 0.15) is 91.0 Å². The number of rotatable bonds is 17. The van der Waals surface area contributed by atoms with Crippen molar-refractivity contribution in [2.24, 2.45) is 5.92 Å². The first-order valence-corrected chi connectivity index (χ1v) is 14.8. The van der Waals surface area contributed by atoms with Crippen LogP contribution in [0.25, 0.3) is 22.5 Å². The molecule has 0 spiro atoms. The Kier molecular flexibility index (Phi) is 13.0. The molecule has 0 aliphatic rings. The topological polar surface area (TPSA) is 61.3 Å². The van der Waals surface area contributed by atoms with E-state index >= 15 is 0 Å². The first-order valence-electron chi connectivity index (χ1n) is 14.8. The lowest BCUT2D eigenvalue weighted by Gasteiger charge is -2.17. The predicted octanol–water partition coefficient (Wildman–Crippen LogP) is 8.85. The van der Waals surface area contributed by atoms with E-state index in [9.17, 15) is 4.79 Å². The summed E-state index contributed by atoms with van der Waals surface area (Å²) in [7, 11) is 0. The standard InChI is InChI=1S/C34H46N2O3/c1-5-7-9-10-12-14-28-15-17-30(18-16-28)33-35-23-31(24-36-33)29-19-21-32(22-20-29)38-25-27(4)39-34(37)26(3)13-11-8-6-2/h15-24,26-27H,5-14,25H2,1-4H3. The third-order valence-corrected chi connectivity index (χ3v) is 7.07. The van der Waals surface area contributed by atoms with E-state index in [1.54, 1.807) is 0 Å². The second-order valence-electron chi connectivity index (χ2n) is 10.6. The summed E-state index contributed by atoms with van der Waals surface area (Å²) in [6.45, 7) is 8.54. The summed E-state index contributed by atoms with van der Waals surface area (Å²) in [6.07, 6.45) is 15.3. The van der Waals surface area contributed by atoms with Gasteiger partial charge in [0, 0.05) is 23.5 Å². The Bertz CT molecular complexity index is 1090. The minimum Gasteiger partial charge on any atom is -0.490 e. The molecule has 0 saturated heterocycles. The average molecular weight is 531 g/mol. The Morgan fingerprint density at radius 2 is 1.36 bits per heavy atom. The van der Waals surface area contributed by atoms with Crippen LogP contribution in [0.15, 0.2) is 60.9 Å². The Morgan fingerprint density at radius 1 is 0.744 bits per heavy atom. The number of hydrogen-bond donors (Lipinski definition) is 0. The summed E-state index contributed by atoms with van der Waals surface area (Å²) in [5.74, 6) is 1.25. The Labute approximate surface area is 235 Å². The molecule has 0 amide bonds. The van der Waals surface area contributed by atoms with Gasteiger partial charge in [0.1, 0.15) is 18.5 Å². The molecule has 0 saturated carbocycles. The summed E-state index contributed by atoms with van der Waals surface area (Å²) < 4.78 is 11.4. The van der Waals surface area contributed by atoms with Gasteiger partial charge in [-0.25, -0.2) is 9.97 Å². The molecule has 2 atom stereocenters. The molecule has 39 heavy (non-hydrogen) atoms. The monoisotopic (exact) mass is 530 g/mol. The zero-order chi connectivity index (χ0) is 27.9. The van der Waals surface area contributed by atoms with Gasteiger partial charge >= 0.3 is 5.97 Å². The summed E-state index contributed by atoms with van der Waals surface area (Å²) >= 11 is 0. The summed E-state index contributed by atoms with van der Waals surface area (Å²) in [6, 6.07) is 16.5. The van der Waals surface area contributed by atoms with Gasteiger partial charge in [0.15, 0.2) is 5.82 Å². The number of hydrogen-bond acceptors (Lipinski definition) is 5. The van der Waals surface area contributed by atoms with Crippen LogP contribution in [0.5, 0.6) is 5.75 Å². The van der Waals surface area contributed by atoms with E-state index in [-0.39, 0.29) is 18.0 Å². The van der Waals surface area contributed by atoms with Crippen LogP contribution in [0.4, 0.5) is 0 Å². The molecule has 1 aromatic heterocycles. The maximum absolute atomic E-state index is 12.3. The van der Waals surface area contributed by atoms with Gasteiger partial charge in [-0.15, -0.1) is 0 Å². The number of aromatic nitrogens is 2. The molecule has 5 nitrogen and oxygen atoms in total. The molecule has 0 N–H and O–H groups in total. The molecule has 2 unspecified atom stereocenters. The van der Waals surface area contributed by atoms with Gasteiger partial charge in [0.05, 0.1) is 5.92 Å². The summed E-state index contributed by atoms with van der Waals surface area (Å²) in [5, 5.41) is 0. The van der Waals surface area contributed by atoms with Crippen molar-refractivity contribution in [1.29, 1.82) is 0 Å². The molecule has 1 heterocycles. The summed E-state index contributed by atoms with van der Waals surface area (Å²) in [4.78, 5) is 21.5. The van der Waals surface area contributed by atoms with Crippen LogP contribution in [-0.4, -0.2) is 28.6 Å². The first kappa shape index (κ1) is 30.3. The van der Waals surface area contributed by atoms with Gasteiger partial charge in [-0.05, 0) is 49.4 Å². The second kappa shape index (κ2) is 16.7. The van der Waals surface area contributed by atoms with Crippen LogP contribution in [-0.2, 0) is 16.0 Å². The van der Waals surface area contributed by atoms with Crippen molar-refractivity contribution in [2.75, 3.05) is 6.61 Å². The maximum Gasteiger partial charge on any atom is 0.309 e. The number of ether oxygens (including phenoxy) is 2. The zero-order valence-corrected chi connectivity index (χ0v) is 24.3. The number of esters is 1. The van der Waals surface area contributed by atoms with Crippen molar-refractivity contribution in [3.8, 4) is 28.3 Å². The molecular formula is C34H46N2O3. The van der Waals surface area contributed by atoms with Gasteiger partial charge in [-0.3, -0.25) is 4.79 Å². The lowest BCUT2D eigenvalue weighted by Crippen LogP contribution is -2.25. The Hall–Kier alpha value is -3.21. The van der Waals surface area contributed by atoms with Gasteiger partial charge in [-0.2, -0.15) is 0 Å². The molecular weight excluding hydrogens is 484 g/mol. The number of nitrogens with zero attached hydrogens (tertiary/aromatic N) is 2. The number of carbonyl (C=O) groups is 1. The van der Waals surface area contributed by atoms with E-state index < -0.39 is 0 Å². The number of benzene rings is 2. The van der Waals surface area contributed by atoms with Gasteiger partial charge < -0.3 is 9.47 Å². The summed E-state index contributed by atoms with van der Waals surface area (Å²) in [5.41, 5.74) is 4.38. The van der Waals surface area contributed by atoms with E-state index in [0.717, 1.165) is 60.4 Å². The van der Waals surface area contributed by atoms with Gasteiger partial charge in [-0.1, -0.05) is 102 Å². The molecule has 210 valence electrons. The largest absolute Gasteiger partial charge is 0.490 e. The fourth-order valence-electron chi connectivity index (χ4n) is 4.50. The third kappa shape index (κ3) is 10.5. The fourth-order valence-corrected chi connectivity index (χ4v) is 4.50. The predicted molar refractivity (Wildman–Crippen MR) is 160 cm³/mol. The number of aryl methyl sites for hydroxylation is 1. The van der Waals surface area contributed by atoms with Crippen LogP contribution < -0.4 is 4.74 Å². The maximum atomic E-state index is 12.3. The Morgan fingerprint density at radius 3 is 2.03 bits per heavy atom. The highest BCUT2D eigenvalue weighted by Gasteiger charge is 2.17. The molecule has 2 aromatic carbocycles. The quantitative estimate of drug-likeness (QED) is 0.129. The molecule has 0 aliphatic carbocycles. The van der Waals surface area contributed by atoms with Crippen LogP contribution >= 0.6 is 0 Å². The van der Waals surface area contributed by atoms with Crippen molar-refractivity contribution >= 4 is 5.97 Å². The van der Waals surface area contributed by atoms with Crippen molar-refractivity contribution in [2.45, 2.75) is 98.0 Å². The molecule has 3 rings (SSSR count). The molecule has 0 bridgehead atoms. The normalized spacial score (nSPS) is 12.6. The molecule has 3 aromatic rings. The van der Waals surface area contributed by atoms with Crippen LogP contribution in [0, 0.1) is 5.92 Å². The van der Waals surface area contributed by atoms with Gasteiger partial charge in [0.25, 0.3) is 0 Å². The van der Waals surface area contributed by atoms with Crippen molar-refractivity contribution in [3.05, 3.63) is 66.5 Å². The van der Waals surface area contributed by atoms with E-state index in [4.69, 9.17) is 9.47 Å². The van der Waals surface area contributed by atoms with E-state index in [1.807, 2.05) is 50.5 Å². The van der Waals surface area contributed by atoms with Crippen molar-refractivity contribution in [3.63, 3.8) is 0 Å². The second-order valence-corrected chi connectivity index (χ2v) is 10.6. The van der Waals surface area contributed by atoms with E-state index in [2.05, 4.69) is 48.1 Å².